The maximum atomic E-state index is 12.9. The smallest absolute Gasteiger partial charge is 0.216 e. The first kappa shape index (κ1) is 16.0. The van der Waals surface area contributed by atoms with Gasteiger partial charge in [-0.25, -0.2) is 17.5 Å². The second-order valence-electron chi connectivity index (χ2n) is 5.83. The maximum Gasteiger partial charge on any atom is 0.216 e. The number of nitrogens with one attached hydrogen (secondary N) is 1. The highest BCUT2D eigenvalue weighted by molar-refractivity contribution is 7.88. The summed E-state index contributed by atoms with van der Waals surface area (Å²) >= 11 is 0. The minimum absolute atomic E-state index is 0.151. The summed E-state index contributed by atoms with van der Waals surface area (Å²) in [6.07, 6.45) is 0.718. The topological polar surface area (TPSA) is 49.4 Å². The first-order valence-corrected chi connectivity index (χ1v) is 9.14. The fourth-order valence-electron chi connectivity index (χ4n) is 2.91. The van der Waals surface area contributed by atoms with Gasteiger partial charge in [0, 0.05) is 19.3 Å². The van der Waals surface area contributed by atoms with E-state index in [1.54, 1.807) is 0 Å². The molecule has 3 rings (SSSR count). The number of rotatable bonds is 4. The first-order valence-electron chi connectivity index (χ1n) is 7.49. The van der Waals surface area contributed by atoms with Crippen molar-refractivity contribution in [2.75, 3.05) is 18.5 Å². The van der Waals surface area contributed by atoms with Gasteiger partial charge in [0.2, 0.25) is 10.0 Å². The molecule has 0 fully saturated rings. The maximum absolute atomic E-state index is 12.9. The lowest BCUT2D eigenvalue weighted by Crippen LogP contribution is -2.36. The van der Waals surface area contributed by atoms with Crippen molar-refractivity contribution >= 4 is 15.7 Å². The molecular formula is C17H19FN2O2S. The molecule has 6 heteroatoms. The molecule has 0 bridgehead atoms. The van der Waals surface area contributed by atoms with Gasteiger partial charge >= 0.3 is 0 Å². The quantitative estimate of drug-likeness (QED) is 0.935. The van der Waals surface area contributed by atoms with Crippen LogP contribution in [0.2, 0.25) is 0 Å². The highest BCUT2D eigenvalue weighted by Crippen LogP contribution is 2.33. The van der Waals surface area contributed by atoms with E-state index in [-0.39, 0.29) is 17.6 Å². The van der Waals surface area contributed by atoms with Crippen LogP contribution in [-0.2, 0) is 15.8 Å². The van der Waals surface area contributed by atoms with Gasteiger partial charge in [0.05, 0.1) is 11.8 Å². The number of sulfonamides is 1. The lowest BCUT2D eigenvalue weighted by atomic mass is 9.98. The Labute approximate surface area is 136 Å². The molecule has 2 aromatic rings. The van der Waals surface area contributed by atoms with E-state index < -0.39 is 10.0 Å². The van der Waals surface area contributed by atoms with Crippen LogP contribution in [0.15, 0.2) is 48.5 Å². The van der Waals surface area contributed by atoms with E-state index in [0.29, 0.717) is 5.56 Å². The summed E-state index contributed by atoms with van der Waals surface area (Å²) in [7, 11) is -1.50. The first-order chi connectivity index (χ1) is 10.9. The Morgan fingerprint density at radius 3 is 2.61 bits per heavy atom. The van der Waals surface area contributed by atoms with Crippen molar-refractivity contribution in [3.05, 3.63) is 65.5 Å². The summed E-state index contributed by atoms with van der Waals surface area (Å²) < 4.78 is 40.6. The summed E-state index contributed by atoms with van der Waals surface area (Å²) in [5, 5.41) is 0. The van der Waals surface area contributed by atoms with Crippen molar-refractivity contribution in [2.24, 2.45) is 0 Å². The van der Waals surface area contributed by atoms with E-state index >= 15 is 0 Å². The molecule has 0 aliphatic carbocycles. The molecule has 0 spiro atoms. The summed E-state index contributed by atoms with van der Waals surface area (Å²) in [5.74, 6) is -0.523. The van der Waals surface area contributed by atoms with Crippen LogP contribution in [-0.4, -0.2) is 22.0 Å². The van der Waals surface area contributed by atoms with Gasteiger partial charge in [-0.2, -0.15) is 0 Å². The molecule has 1 aliphatic heterocycles. The third-order valence-corrected chi connectivity index (χ3v) is 5.43. The SMILES string of the molecule is CN1CCC(NS(=O)(=O)Cc2ccc(F)cc2)c2ccccc21. The van der Waals surface area contributed by atoms with Gasteiger partial charge in [-0.05, 0) is 35.7 Å². The Morgan fingerprint density at radius 2 is 1.87 bits per heavy atom. The predicted molar refractivity (Wildman–Crippen MR) is 89.2 cm³/mol. The highest BCUT2D eigenvalue weighted by Gasteiger charge is 2.26. The molecule has 1 N–H and O–H groups in total. The lowest BCUT2D eigenvalue weighted by Gasteiger charge is -2.33. The number of fused-ring (bicyclic) bond motifs is 1. The van der Waals surface area contributed by atoms with E-state index in [4.69, 9.17) is 0 Å². The summed E-state index contributed by atoms with van der Waals surface area (Å²) in [4.78, 5) is 2.13. The number of nitrogens with zero attached hydrogens (tertiary/aromatic N) is 1. The molecule has 1 unspecified atom stereocenters. The molecule has 0 amide bonds. The van der Waals surface area contributed by atoms with Gasteiger partial charge in [-0.3, -0.25) is 0 Å². The minimum Gasteiger partial charge on any atom is -0.374 e. The van der Waals surface area contributed by atoms with Crippen molar-refractivity contribution < 1.29 is 12.8 Å². The number of hydrogen-bond acceptors (Lipinski definition) is 3. The zero-order chi connectivity index (χ0) is 16.4. The zero-order valence-electron chi connectivity index (χ0n) is 12.9. The summed E-state index contributed by atoms with van der Waals surface area (Å²) in [6.45, 7) is 0.792. The molecule has 2 aromatic carbocycles. The number of halogens is 1. The second-order valence-corrected chi connectivity index (χ2v) is 7.58. The van der Waals surface area contributed by atoms with Crippen molar-refractivity contribution in [1.29, 1.82) is 0 Å². The lowest BCUT2D eigenvalue weighted by molar-refractivity contribution is 0.528. The van der Waals surface area contributed by atoms with Gasteiger partial charge in [0.1, 0.15) is 5.82 Å². The molecule has 0 saturated carbocycles. The number of anilines is 1. The van der Waals surface area contributed by atoms with Crippen LogP contribution in [0.1, 0.15) is 23.6 Å². The highest BCUT2D eigenvalue weighted by atomic mass is 32.2. The molecule has 1 atom stereocenters. The zero-order valence-corrected chi connectivity index (χ0v) is 13.7. The van der Waals surface area contributed by atoms with Crippen molar-refractivity contribution in [3.63, 3.8) is 0 Å². The van der Waals surface area contributed by atoms with Gasteiger partial charge in [0.25, 0.3) is 0 Å². The van der Waals surface area contributed by atoms with Crippen LogP contribution in [0.4, 0.5) is 10.1 Å². The summed E-state index contributed by atoms with van der Waals surface area (Å²) in [6, 6.07) is 13.1. The van der Waals surface area contributed by atoms with Crippen molar-refractivity contribution in [2.45, 2.75) is 18.2 Å². The molecule has 0 saturated heterocycles. The largest absolute Gasteiger partial charge is 0.374 e. The Balaban J connectivity index is 1.78. The van der Waals surface area contributed by atoms with Gasteiger partial charge in [0.15, 0.2) is 0 Å². The minimum atomic E-state index is -3.50. The second kappa shape index (κ2) is 6.29. The van der Waals surface area contributed by atoms with E-state index in [1.165, 1.54) is 24.3 Å². The Bertz CT molecular complexity index is 790. The fourth-order valence-corrected chi connectivity index (χ4v) is 4.30. The molecule has 1 aliphatic rings. The van der Waals surface area contributed by atoms with Crippen LogP contribution in [0.5, 0.6) is 0 Å². The molecule has 1 heterocycles. The standard InChI is InChI=1S/C17H19FN2O2S/c1-20-11-10-16(15-4-2-3-5-17(15)20)19-23(21,22)12-13-6-8-14(18)9-7-13/h2-9,16,19H,10-12H2,1H3. The molecule has 4 nitrogen and oxygen atoms in total. The van der Waals surface area contributed by atoms with Crippen molar-refractivity contribution in [3.8, 4) is 0 Å². The van der Waals surface area contributed by atoms with Crippen LogP contribution >= 0.6 is 0 Å². The van der Waals surface area contributed by atoms with Gasteiger partial charge in [-0.15, -0.1) is 0 Å². The van der Waals surface area contributed by atoms with Crippen molar-refractivity contribution in [1.82, 2.24) is 4.72 Å². The Hall–Kier alpha value is -1.92. The monoisotopic (exact) mass is 334 g/mol. The number of benzene rings is 2. The molecule has 23 heavy (non-hydrogen) atoms. The van der Waals surface area contributed by atoms with Gasteiger partial charge < -0.3 is 4.90 Å². The number of para-hydroxylation sites is 1. The van der Waals surface area contributed by atoms with Crippen LogP contribution < -0.4 is 9.62 Å². The Morgan fingerprint density at radius 1 is 1.17 bits per heavy atom. The number of hydrogen-bond donors (Lipinski definition) is 1. The van der Waals surface area contributed by atoms with Crippen LogP contribution in [0, 0.1) is 5.82 Å². The third-order valence-electron chi connectivity index (χ3n) is 4.07. The molecule has 0 radical (unpaired) electrons. The fraction of sp³-hybridized carbons (Fsp3) is 0.294. The predicted octanol–water partition coefficient (Wildman–Crippen LogP) is 2.83. The molecular weight excluding hydrogens is 315 g/mol. The van der Waals surface area contributed by atoms with E-state index in [0.717, 1.165) is 24.2 Å². The summed E-state index contributed by atoms with van der Waals surface area (Å²) in [5.41, 5.74) is 2.61. The Kier molecular flexibility index (Phi) is 4.37. The van der Waals surface area contributed by atoms with Crippen LogP contribution in [0.3, 0.4) is 0 Å². The van der Waals surface area contributed by atoms with E-state index in [1.807, 2.05) is 31.3 Å². The van der Waals surface area contributed by atoms with E-state index in [2.05, 4.69) is 9.62 Å². The normalized spacial score (nSPS) is 17.8. The van der Waals surface area contributed by atoms with Crippen LogP contribution in [0.25, 0.3) is 0 Å². The molecule has 122 valence electrons. The molecule has 0 aromatic heterocycles. The third kappa shape index (κ3) is 3.71. The average molecular weight is 334 g/mol. The van der Waals surface area contributed by atoms with Gasteiger partial charge in [-0.1, -0.05) is 30.3 Å². The average Bonchev–Trinajstić information content (AvgIpc) is 2.52. The van der Waals surface area contributed by atoms with E-state index in [9.17, 15) is 12.8 Å².